The van der Waals surface area contributed by atoms with Gasteiger partial charge in [-0.3, -0.25) is 0 Å². The average molecular weight is 273 g/mol. The second-order valence-electron chi connectivity index (χ2n) is 4.21. The molecule has 0 bridgehead atoms. The summed E-state index contributed by atoms with van der Waals surface area (Å²) in [4.78, 5) is 4.50. The Kier molecular flexibility index (Phi) is 2.02. The maximum atomic E-state index is 9.21. The van der Waals surface area contributed by atoms with Gasteiger partial charge in [0.25, 0.3) is 0 Å². The molecule has 0 N–H and O–H groups in total. The van der Waals surface area contributed by atoms with Gasteiger partial charge >= 0.3 is 0 Å². The number of halogens is 1. The molecule has 0 saturated heterocycles. The fourth-order valence-electron chi connectivity index (χ4n) is 1.99. The van der Waals surface area contributed by atoms with Crippen LogP contribution >= 0.6 is 15.9 Å². The summed E-state index contributed by atoms with van der Waals surface area (Å²) in [6.07, 6.45) is 1.89. The van der Waals surface area contributed by atoms with Gasteiger partial charge in [-0.2, -0.15) is 5.26 Å². The van der Waals surface area contributed by atoms with Crippen LogP contribution in [0.2, 0.25) is 0 Å². The van der Waals surface area contributed by atoms with E-state index in [1.54, 1.807) is 0 Å². The monoisotopic (exact) mass is 272 g/mol. The molecular formula is C13H9BrN2. The lowest BCUT2D eigenvalue weighted by atomic mass is 9.98. The van der Waals surface area contributed by atoms with E-state index < -0.39 is 0 Å². The van der Waals surface area contributed by atoms with Gasteiger partial charge in [0, 0.05) is 10.9 Å². The highest BCUT2D eigenvalue weighted by atomic mass is 79.9. The van der Waals surface area contributed by atoms with Crippen LogP contribution in [0.25, 0.3) is 10.9 Å². The molecule has 0 atom stereocenters. The number of rotatable bonds is 1. The van der Waals surface area contributed by atoms with Gasteiger partial charge in [-0.05, 0) is 40.9 Å². The minimum absolute atomic E-state index is 0.282. The Morgan fingerprint density at radius 1 is 1.31 bits per heavy atom. The summed E-state index contributed by atoms with van der Waals surface area (Å²) in [5.41, 5.74) is 1.72. The first-order valence-corrected chi connectivity index (χ1v) is 6.01. The van der Waals surface area contributed by atoms with Crippen molar-refractivity contribution in [2.45, 2.75) is 18.3 Å². The van der Waals surface area contributed by atoms with E-state index in [1.165, 1.54) is 0 Å². The minimum Gasteiger partial charge on any atom is -0.241 e. The quantitative estimate of drug-likeness (QED) is 0.745. The highest BCUT2D eigenvalue weighted by Crippen LogP contribution is 2.50. The van der Waals surface area contributed by atoms with E-state index in [4.69, 9.17) is 0 Å². The van der Waals surface area contributed by atoms with Crippen LogP contribution in [0.1, 0.15) is 18.4 Å². The largest absolute Gasteiger partial charge is 0.241 e. The zero-order chi connectivity index (χ0) is 11.2. The van der Waals surface area contributed by atoms with Crippen LogP contribution in [0.15, 0.2) is 34.9 Å². The average Bonchev–Trinajstić information content (AvgIpc) is 3.09. The molecule has 1 fully saturated rings. The van der Waals surface area contributed by atoms with Crippen LogP contribution in [0.4, 0.5) is 0 Å². The van der Waals surface area contributed by atoms with E-state index in [-0.39, 0.29) is 5.41 Å². The lowest BCUT2D eigenvalue weighted by molar-refractivity contribution is 0.892. The Hall–Kier alpha value is -1.40. The molecule has 3 rings (SSSR count). The second-order valence-corrected chi connectivity index (χ2v) is 4.96. The Morgan fingerprint density at radius 3 is 2.75 bits per heavy atom. The predicted octanol–water partition coefficient (Wildman–Crippen LogP) is 3.55. The predicted molar refractivity (Wildman–Crippen MR) is 66.0 cm³/mol. The zero-order valence-corrected chi connectivity index (χ0v) is 10.2. The van der Waals surface area contributed by atoms with Gasteiger partial charge in [0.2, 0.25) is 0 Å². The van der Waals surface area contributed by atoms with E-state index in [0.717, 1.165) is 33.9 Å². The number of nitrogens with zero attached hydrogens (tertiary/aromatic N) is 2. The number of benzene rings is 1. The molecule has 3 heteroatoms. The molecular weight excluding hydrogens is 264 g/mol. The SMILES string of the molecule is N#CC1(c2cc3ccccc3nc2Br)CC1. The number of hydrogen-bond donors (Lipinski definition) is 0. The summed E-state index contributed by atoms with van der Waals surface area (Å²) in [5, 5.41) is 10.3. The van der Waals surface area contributed by atoms with E-state index in [2.05, 4.69) is 33.0 Å². The van der Waals surface area contributed by atoms with Crippen molar-refractivity contribution >= 4 is 26.8 Å². The molecule has 1 aliphatic rings. The lowest BCUT2D eigenvalue weighted by Crippen LogP contribution is -2.04. The molecule has 16 heavy (non-hydrogen) atoms. The fraction of sp³-hybridized carbons (Fsp3) is 0.231. The Bertz CT molecular complexity index is 609. The van der Waals surface area contributed by atoms with Crippen molar-refractivity contribution in [3.05, 3.63) is 40.5 Å². The van der Waals surface area contributed by atoms with Gasteiger partial charge < -0.3 is 0 Å². The Morgan fingerprint density at radius 2 is 2.06 bits per heavy atom. The lowest BCUT2D eigenvalue weighted by Gasteiger charge is -2.09. The van der Waals surface area contributed by atoms with E-state index in [1.807, 2.05) is 24.3 Å². The highest BCUT2D eigenvalue weighted by Gasteiger charge is 2.46. The highest BCUT2D eigenvalue weighted by molar-refractivity contribution is 9.10. The molecule has 1 aliphatic carbocycles. The van der Waals surface area contributed by atoms with Gasteiger partial charge in [-0.15, -0.1) is 0 Å². The van der Waals surface area contributed by atoms with Crippen LogP contribution < -0.4 is 0 Å². The molecule has 1 aromatic carbocycles. The minimum atomic E-state index is -0.282. The molecule has 0 radical (unpaired) electrons. The number of fused-ring (bicyclic) bond motifs is 1. The summed E-state index contributed by atoms with van der Waals surface area (Å²) in [6, 6.07) is 12.5. The molecule has 0 spiro atoms. The van der Waals surface area contributed by atoms with Crippen molar-refractivity contribution < 1.29 is 0 Å². The summed E-state index contributed by atoms with van der Waals surface area (Å²) >= 11 is 3.47. The second kappa shape index (κ2) is 3.29. The first kappa shape index (κ1) is 9.80. The zero-order valence-electron chi connectivity index (χ0n) is 8.57. The molecule has 1 saturated carbocycles. The maximum absolute atomic E-state index is 9.21. The van der Waals surface area contributed by atoms with Crippen molar-refractivity contribution in [2.24, 2.45) is 0 Å². The van der Waals surface area contributed by atoms with Crippen molar-refractivity contribution in [1.82, 2.24) is 4.98 Å². The summed E-state index contributed by atoms with van der Waals surface area (Å²) in [7, 11) is 0. The van der Waals surface area contributed by atoms with Crippen molar-refractivity contribution in [1.29, 1.82) is 5.26 Å². The summed E-state index contributed by atoms with van der Waals surface area (Å²) in [6.45, 7) is 0. The molecule has 78 valence electrons. The molecule has 2 nitrogen and oxygen atoms in total. The maximum Gasteiger partial charge on any atom is 0.111 e. The van der Waals surface area contributed by atoms with Crippen molar-refractivity contribution in [3.63, 3.8) is 0 Å². The smallest absolute Gasteiger partial charge is 0.111 e. The Balaban J connectivity index is 2.27. The molecule has 0 amide bonds. The first-order valence-electron chi connectivity index (χ1n) is 5.22. The topological polar surface area (TPSA) is 36.7 Å². The van der Waals surface area contributed by atoms with Crippen LogP contribution in [-0.4, -0.2) is 4.98 Å². The molecule has 0 unspecified atom stereocenters. The number of para-hydroxylation sites is 1. The number of nitriles is 1. The number of pyridine rings is 1. The van der Waals surface area contributed by atoms with Gasteiger partial charge in [0.05, 0.1) is 17.0 Å². The van der Waals surface area contributed by atoms with Crippen LogP contribution in [-0.2, 0) is 5.41 Å². The van der Waals surface area contributed by atoms with Crippen molar-refractivity contribution in [3.8, 4) is 6.07 Å². The van der Waals surface area contributed by atoms with Gasteiger partial charge in [-0.1, -0.05) is 18.2 Å². The van der Waals surface area contributed by atoms with Crippen LogP contribution in [0.5, 0.6) is 0 Å². The molecule has 1 heterocycles. The van der Waals surface area contributed by atoms with E-state index >= 15 is 0 Å². The molecule has 0 aliphatic heterocycles. The van der Waals surface area contributed by atoms with Gasteiger partial charge in [-0.25, -0.2) is 4.98 Å². The number of aromatic nitrogens is 1. The standard InChI is InChI=1S/C13H9BrN2/c14-12-10(13(8-15)5-6-13)7-9-3-1-2-4-11(9)16-12/h1-4,7H,5-6H2. The summed E-state index contributed by atoms with van der Waals surface area (Å²) in [5.74, 6) is 0. The van der Waals surface area contributed by atoms with E-state index in [9.17, 15) is 5.26 Å². The van der Waals surface area contributed by atoms with Crippen LogP contribution in [0, 0.1) is 11.3 Å². The van der Waals surface area contributed by atoms with Gasteiger partial charge in [0.1, 0.15) is 4.60 Å². The normalized spacial score (nSPS) is 17.0. The summed E-state index contributed by atoms with van der Waals surface area (Å²) < 4.78 is 0.810. The third kappa shape index (κ3) is 1.34. The van der Waals surface area contributed by atoms with E-state index in [0.29, 0.717) is 0 Å². The molecule has 1 aromatic heterocycles. The third-order valence-corrected chi connectivity index (χ3v) is 3.76. The fourth-order valence-corrected chi connectivity index (χ4v) is 2.68. The first-order chi connectivity index (χ1) is 7.75. The molecule has 2 aromatic rings. The van der Waals surface area contributed by atoms with Gasteiger partial charge in [0.15, 0.2) is 0 Å². The third-order valence-electron chi connectivity index (χ3n) is 3.16. The Labute approximate surface area is 102 Å². The van der Waals surface area contributed by atoms with Crippen LogP contribution in [0.3, 0.4) is 0 Å². The van der Waals surface area contributed by atoms with Crippen molar-refractivity contribution in [2.75, 3.05) is 0 Å². The number of hydrogen-bond acceptors (Lipinski definition) is 2.